The van der Waals surface area contributed by atoms with E-state index >= 15 is 0 Å². The number of fused-ring (bicyclic) bond motifs is 1. The Hall–Kier alpha value is -0.800. The molecule has 0 N–H and O–H groups in total. The van der Waals surface area contributed by atoms with Gasteiger partial charge in [0.05, 0.1) is 0 Å². The lowest BCUT2D eigenvalue weighted by molar-refractivity contribution is 0.0985. The van der Waals surface area contributed by atoms with E-state index in [1.165, 1.54) is 0 Å². The van der Waals surface area contributed by atoms with Crippen molar-refractivity contribution in [3.8, 4) is 0 Å². The zero-order chi connectivity index (χ0) is 10.1. The Morgan fingerprint density at radius 1 is 1.43 bits per heavy atom. The quantitative estimate of drug-likeness (QED) is 0.691. The molecule has 0 spiro atoms. The molecule has 0 fully saturated rings. The van der Waals surface area contributed by atoms with Crippen molar-refractivity contribution >= 4 is 34.4 Å². The topological polar surface area (TPSA) is 34.1 Å². The summed E-state index contributed by atoms with van der Waals surface area (Å²) < 4.78 is 0. The van der Waals surface area contributed by atoms with Gasteiger partial charge in [0.25, 0.3) is 5.24 Å². The molecular formula is C10H7ClO2S. The van der Waals surface area contributed by atoms with Crippen molar-refractivity contribution in [3.05, 3.63) is 29.3 Å². The number of hydrogen-bond donors (Lipinski definition) is 0. The Balaban J connectivity index is 2.51. The van der Waals surface area contributed by atoms with Gasteiger partial charge in [-0.3, -0.25) is 9.59 Å². The van der Waals surface area contributed by atoms with E-state index in [9.17, 15) is 9.59 Å². The van der Waals surface area contributed by atoms with Gasteiger partial charge in [-0.2, -0.15) is 0 Å². The molecule has 1 aromatic rings. The summed E-state index contributed by atoms with van der Waals surface area (Å²) in [5.74, 6) is 0.915. The summed E-state index contributed by atoms with van der Waals surface area (Å²) in [5, 5.41) is -0.517. The van der Waals surface area contributed by atoms with Crippen molar-refractivity contribution < 1.29 is 9.59 Å². The molecule has 1 aromatic carbocycles. The van der Waals surface area contributed by atoms with E-state index in [0.717, 1.165) is 10.6 Å². The first-order chi connectivity index (χ1) is 6.68. The van der Waals surface area contributed by atoms with Crippen molar-refractivity contribution in [2.75, 3.05) is 5.75 Å². The Bertz CT molecular complexity index is 415. The van der Waals surface area contributed by atoms with Gasteiger partial charge in [-0.05, 0) is 29.8 Å². The van der Waals surface area contributed by atoms with Crippen LogP contribution in [-0.4, -0.2) is 16.8 Å². The zero-order valence-electron chi connectivity index (χ0n) is 7.25. The molecule has 0 atom stereocenters. The van der Waals surface area contributed by atoms with Crippen LogP contribution >= 0.6 is 23.4 Å². The van der Waals surface area contributed by atoms with Gasteiger partial charge >= 0.3 is 0 Å². The highest BCUT2D eigenvalue weighted by atomic mass is 35.5. The molecule has 1 aliphatic heterocycles. The van der Waals surface area contributed by atoms with Crippen molar-refractivity contribution in [3.63, 3.8) is 0 Å². The van der Waals surface area contributed by atoms with Crippen LogP contribution in [0.15, 0.2) is 23.1 Å². The first-order valence-electron chi connectivity index (χ1n) is 4.18. The van der Waals surface area contributed by atoms with E-state index in [4.69, 9.17) is 11.6 Å². The summed E-state index contributed by atoms with van der Waals surface area (Å²) in [5.41, 5.74) is 1.02. The molecule has 0 aromatic heterocycles. The molecule has 0 amide bonds. The average Bonchev–Trinajstić information content (AvgIpc) is 2.18. The monoisotopic (exact) mass is 226 g/mol. The Kier molecular flexibility index (Phi) is 2.61. The van der Waals surface area contributed by atoms with Gasteiger partial charge < -0.3 is 0 Å². The molecule has 2 nitrogen and oxygen atoms in total. The summed E-state index contributed by atoms with van der Waals surface area (Å²) in [6.45, 7) is 0. The highest BCUT2D eigenvalue weighted by Gasteiger charge is 2.18. The van der Waals surface area contributed by atoms with Crippen LogP contribution in [0.4, 0.5) is 0 Å². The van der Waals surface area contributed by atoms with E-state index in [2.05, 4.69) is 0 Å². The highest BCUT2D eigenvalue weighted by molar-refractivity contribution is 7.99. The number of rotatable bonds is 1. The predicted molar refractivity (Wildman–Crippen MR) is 56.3 cm³/mol. The third-order valence-corrected chi connectivity index (χ3v) is 3.39. The maximum Gasteiger partial charge on any atom is 0.252 e. The SMILES string of the molecule is O=C(Cl)c1ccc2c(c1)C(=O)CCS2. The second-order valence-corrected chi connectivity index (χ2v) is 4.49. The smallest absolute Gasteiger partial charge is 0.252 e. The molecule has 1 aliphatic rings. The van der Waals surface area contributed by atoms with Gasteiger partial charge in [0.2, 0.25) is 0 Å². The molecule has 0 aliphatic carbocycles. The predicted octanol–water partition coefficient (Wildman–Crippen LogP) is 2.74. The number of thioether (sulfide) groups is 1. The van der Waals surface area contributed by atoms with Gasteiger partial charge in [0.15, 0.2) is 5.78 Å². The molecule has 0 bridgehead atoms. The van der Waals surface area contributed by atoms with Gasteiger partial charge in [0.1, 0.15) is 0 Å². The minimum Gasteiger partial charge on any atom is -0.294 e. The molecule has 4 heteroatoms. The molecular weight excluding hydrogens is 220 g/mol. The van der Waals surface area contributed by atoms with E-state index < -0.39 is 5.24 Å². The first-order valence-corrected chi connectivity index (χ1v) is 5.55. The van der Waals surface area contributed by atoms with Crippen molar-refractivity contribution in [1.82, 2.24) is 0 Å². The van der Waals surface area contributed by atoms with Crippen LogP contribution in [0.3, 0.4) is 0 Å². The number of carbonyl (C=O) groups excluding carboxylic acids is 2. The largest absolute Gasteiger partial charge is 0.294 e. The fraction of sp³-hybridized carbons (Fsp3) is 0.200. The van der Waals surface area contributed by atoms with E-state index in [1.807, 2.05) is 0 Å². The molecule has 72 valence electrons. The second-order valence-electron chi connectivity index (χ2n) is 3.01. The molecule has 2 rings (SSSR count). The molecule has 1 heterocycles. The van der Waals surface area contributed by atoms with Crippen LogP contribution in [-0.2, 0) is 0 Å². The zero-order valence-corrected chi connectivity index (χ0v) is 8.82. The van der Waals surface area contributed by atoms with Crippen molar-refractivity contribution in [2.24, 2.45) is 0 Å². The summed E-state index contributed by atoms with van der Waals surface area (Å²) in [6.07, 6.45) is 0.539. The van der Waals surface area contributed by atoms with Gasteiger partial charge in [-0.15, -0.1) is 11.8 Å². The summed E-state index contributed by atoms with van der Waals surface area (Å²) in [6, 6.07) is 5.02. The summed E-state index contributed by atoms with van der Waals surface area (Å²) >= 11 is 6.97. The molecule has 0 saturated heterocycles. The highest BCUT2D eigenvalue weighted by Crippen LogP contribution is 2.30. The Morgan fingerprint density at radius 2 is 2.21 bits per heavy atom. The van der Waals surface area contributed by atoms with Crippen LogP contribution in [0.1, 0.15) is 27.1 Å². The van der Waals surface area contributed by atoms with Crippen LogP contribution in [0.5, 0.6) is 0 Å². The average molecular weight is 227 g/mol. The third kappa shape index (κ3) is 1.70. The van der Waals surface area contributed by atoms with E-state index in [-0.39, 0.29) is 5.78 Å². The number of carbonyl (C=O) groups is 2. The van der Waals surface area contributed by atoms with E-state index in [0.29, 0.717) is 17.5 Å². The van der Waals surface area contributed by atoms with Crippen LogP contribution < -0.4 is 0 Å². The maximum atomic E-state index is 11.5. The lowest BCUT2D eigenvalue weighted by atomic mass is 10.1. The van der Waals surface area contributed by atoms with Crippen LogP contribution in [0.25, 0.3) is 0 Å². The molecule has 14 heavy (non-hydrogen) atoms. The first kappa shape index (κ1) is 9.74. The Morgan fingerprint density at radius 3 is 2.93 bits per heavy atom. The van der Waals surface area contributed by atoms with Crippen LogP contribution in [0.2, 0.25) is 0 Å². The molecule has 0 radical (unpaired) electrons. The summed E-state index contributed by atoms with van der Waals surface area (Å²) in [4.78, 5) is 23.3. The number of benzene rings is 1. The van der Waals surface area contributed by atoms with E-state index in [1.54, 1.807) is 30.0 Å². The molecule has 0 unspecified atom stereocenters. The van der Waals surface area contributed by atoms with Gasteiger partial charge in [0, 0.05) is 28.2 Å². The van der Waals surface area contributed by atoms with Crippen molar-refractivity contribution in [1.29, 1.82) is 0 Å². The minimum absolute atomic E-state index is 0.0958. The van der Waals surface area contributed by atoms with Crippen LogP contribution in [0, 0.1) is 0 Å². The Labute approximate surface area is 90.6 Å². The van der Waals surface area contributed by atoms with Gasteiger partial charge in [-0.25, -0.2) is 0 Å². The molecule has 0 saturated carbocycles. The third-order valence-electron chi connectivity index (χ3n) is 2.09. The maximum absolute atomic E-state index is 11.5. The normalized spacial score (nSPS) is 15.1. The lowest BCUT2D eigenvalue weighted by Gasteiger charge is -2.13. The summed E-state index contributed by atoms with van der Waals surface area (Å²) in [7, 11) is 0. The van der Waals surface area contributed by atoms with Crippen molar-refractivity contribution in [2.45, 2.75) is 11.3 Å². The number of Topliss-reactive ketones (excluding diaryl/α,β-unsaturated/α-hetero) is 1. The lowest BCUT2D eigenvalue weighted by Crippen LogP contribution is -2.09. The number of hydrogen-bond acceptors (Lipinski definition) is 3. The van der Waals surface area contributed by atoms with Gasteiger partial charge in [-0.1, -0.05) is 0 Å². The fourth-order valence-electron chi connectivity index (χ4n) is 1.38. The fourth-order valence-corrected chi connectivity index (χ4v) is 2.50. The minimum atomic E-state index is -0.517. The second kappa shape index (κ2) is 3.75. The standard InChI is InChI=1S/C10H7ClO2S/c11-10(13)6-1-2-9-7(5-6)8(12)3-4-14-9/h1-2,5H,3-4H2. The number of halogens is 1. The number of ketones is 1.